The summed E-state index contributed by atoms with van der Waals surface area (Å²) in [5, 5.41) is 9.19. The minimum Gasteiger partial charge on any atom is -0.460 e. The Hall–Kier alpha value is -2.73. The van der Waals surface area contributed by atoms with Gasteiger partial charge in [-0.05, 0) is 49.1 Å². The monoisotopic (exact) mass is 371 g/mol. The molecule has 6 heteroatoms. The first-order valence-corrected chi connectivity index (χ1v) is 9.06. The second-order valence-electron chi connectivity index (χ2n) is 6.27. The molecular weight excluding hydrogens is 346 g/mol. The number of pyridine rings is 1. The lowest BCUT2D eigenvalue weighted by Crippen LogP contribution is -2.13. The maximum atomic E-state index is 12.4. The van der Waals surface area contributed by atoms with Crippen LogP contribution in [0.25, 0.3) is 0 Å². The van der Waals surface area contributed by atoms with Crippen molar-refractivity contribution in [2.45, 2.75) is 51.7 Å². The third kappa shape index (κ3) is 6.18. The van der Waals surface area contributed by atoms with Crippen LogP contribution in [-0.4, -0.2) is 21.8 Å². The van der Waals surface area contributed by atoms with Crippen LogP contribution in [0.3, 0.4) is 0 Å². The van der Waals surface area contributed by atoms with E-state index < -0.39 is 12.1 Å². The highest BCUT2D eigenvalue weighted by Gasteiger charge is 2.23. The zero-order valence-corrected chi connectivity index (χ0v) is 15.5. The first-order chi connectivity index (χ1) is 13.0. The summed E-state index contributed by atoms with van der Waals surface area (Å²) in [5.74, 6) is 0.168. The molecule has 0 saturated carbocycles. The summed E-state index contributed by atoms with van der Waals surface area (Å²) in [6, 6.07) is 6.50. The molecule has 0 unspecified atom stereocenters. The number of nitrogens with zero attached hydrogens (tertiary/aromatic N) is 1. The van der Waals surface area contributed by atoms with Gasteiger partial charge >= 0.3 is 5.97 Å². The zero-order chi connectivity index (χ0) is 19.6. The number of aromatic nitrogens is 1. The Labute approximate surface area is 158 Å². The molecule has 2 rings (SSSR count). The predicted molar refractivity (Wildman–Crippen MR) is 99.9 cm³/mol. The Morgan fingerprint density at radius 2 is 2.11 bits per heavy atom. The molecule has 0 aliphatic heterocycles. The minimum atomic E-state index is -0.735. The summed E-state index contributed by atoms with van der Waals surface area (Å²) >= 11 is 0. The van der Waals surface area contributed by atoms with Gasteiger partial charge in [-0.15, -0.1) is 0 Å². The third-order valence-electron chi connectivity index (χ3n) is 4.16. The second kappa shape index (κ2) is 10.4. The van der Waals surface area contributed by atoms with Crippen molar-refractivity contribution in [1.82, 2.24) is 4.98 Å². The third-order valence-corrected chi connectivity index (χ3v) is 4.16. The molecule has 144 valence electrons. The summed E-state index contributed by atoms with van der Waals surface area (Å²) in [4.78, 5) is 28.6. The topological polar surface area (TPSA) is 89.6 Å². The van der Waals surface area contributed by atoms with Crippen molar-refractivity contribution in [2.75, 3.05) is 0 Å². The fourth-order valence-electron chi connectivity index (χ4n) is 2.56. The Morgan fingerprint density at radius 3 is 2.74 bits per heavy atom. The number of Topliss-reactive ketones (excluding diaryl/α,β-unsaturated/α-hetero) is 1. The van der Waals surface area contributed by atoms with E-state index in [1.165, 1.54) is 6.20 Å². The molecule has 0 aliphatic carbocycles. The number of furan rings is 1. The van der Waals surface area contributed by atoms with Gasteiger partial charge in [-0.3, -0.25) is 9.78 Å². The second-order valence-corrected chi connectivity index (χ2v) is 6.27. The van der Waals surface area contributed by atoms with Gasteiger partial charge in [0.15, 0.2) is 11.9 Å². The highest BCUT2D eigenvalue weighted by Crippen LogP contribution is 2.27. The van der Waals surface area contributed by atoms with Crippen LogP contribution in [0.15, 0.2) is 53.2 Å². The fourth-order valence-corrected chi connectivity index (χ4v) is 2.56. The van der Waals surface area contributed by atoms with Gasteiger partial charge in [0.05, 0.1) is 5.56 Å². The first-order valence-electron chi connectivity index (χ1n) is 9.06. The highest BCUT2D eigenvalue weighted by molar-refractivity contribution is 5.94. The smallest absolute Gasteiger partial charge is 0.340 e. The van der Waals surface area contributed by atoms with E-state index in [0.29, 0.717) is 29.1 Å². The van der Waals surface area contributed by atoms with E-state index in [4.69, 9.17) is 9.15 Å². The van der Waals surface area contributed by atoms with Crippen LogP contribution in [0.1, 0.15) is 67.0 Å². The lowest BCUT2D eigenvalue weighted by molar-refractivity contribution is -0.116. The molecule has 2 aromatic heterocycles. The number of hydrogen-bond donors (Lipinski definition) is 1. The molecule has 1 atom stereocenters. The Morgan fingerprint density at radius 1 is 1.30 bits per heavy atom. The lowest BCUT2D eigenvalue weighted by atomic mass is 10.0. The first kappa shape index (κ1) is 20.6. The van der Waals surface area contributed by atoms with Crippen LogP contribution in [0.5, 0.6) is 0 Å². The average molecular weight is 371 g/mol. The van der Waals surface area contributed by atoms with Crippen molar-refractivity contribution < 1.29 is 23.8 Å². The fraction of sp³-hybridized carbons (Fsp3) is 0.381. The standard InChI is InChI=1S/C21H25NO5/c1-3-4-6-15(2)18(24)9-11-20(19-10-8-17(14-23)26-19)27-21(25)16-7-5-12-22-13-16/h5,7-8,10,12-13,20,23H,2-4,6,9,11,14H2,1H3/t20-/m1/s1. The van der Waals surface area contributed by atoms with Gasteiger partial charge in [0.1, 0.15) is 18.1 Å². The summed E-state index contributed by atoms with van der Waals surface area (Å²) in [7, 11) is 0. The molecule has 2 heterocycles. The van der Waals surface area contributed by atoms with Gasteiger partial charge < -0.3 is 14.3 Å². The van der Waals surface area contributed by atoms with Crippen LogP contribution in [0.2, 0.25) is 0 Å². The SMILES string of the molecule is C=C(CCCC)C(=O)CC[C@@H](OC(=O)c1cccnc1)c1ccc(CO)o1. The Kier molecular flexibility index (Phi) is 7.95. The van der Waals surface area contributed by atoms with Crippen LogP contribution >= 0.6 is 0 Å². The number of hydrogen-bond acceptors (Lipinski definition) is 6. The lowest BCUT2D eigenvalue weighted by Gasteiger charge is -2.16. The molecule has 27 heavy (non-hydrogen) atoms. The van der Waals surface area contributed by atoms with Gasteiger partial charge in [0, 0.05) is 18.8 Å². The number of allylic oxidation sites excluding steroid dienone is 1. The molecule has 0 spiro atoms. The molecule has 0 radical (unpaired) electrons. The summed E-state index contributed by atoms with van der Waals surface area (Å²) < 4.78 is 11.1. The molecule has 0 saturated heterocycles. The quantitative estimate of drug-likeness (QED) is 0.471. The molecule has 6 nitrogen and oxygen atoms in total. The van der Waals surface area contributed by atoms with Crippen molar-refractivity contribution in [3.05, 3.63) is 65.9 Å². The number of carbonyl (C=O) groups excluding carboxylic acids is 2. The molecule has 1 N–H and O–H groups in total. The van der Waals surface area contributed by atoms with Crippen LogP contribution in [0.4, 0.5) is 0 Å². The number of aliphatic hydroxyl groups excluding tert-OH is 1. The van der Waals surface area contributed by atoms with Gasteiger partial charge in [-0.2, -0.15) is 0 Å². The molecule has 0 amide bonds. The number of ether oxygens (including phenoxy) is 1. The van der Waals surface area contributed by atoms with E-state index in [9.17, 15) is 14.7 Å². The molecule has 0 fully saturated rings. The Balaban J connectivity index is 2.07. The van der Waals surface area contributed by atoms with Gasteiger partial charge in [0.2, 0.25) is 0 Å². The van der Waals surface area contributed by atoms with E-state index in [-0.39, 0.29) is 25.2 Å². The number of carbonyl (C=O) groups is 2. The van der Waals surface area contributed by atoms with Gasteiger partial charge in [-0.1, -0.05) is 19.9 Å². The van der Waals surface area contributed by atoms with Crippen molar-refractivity contribution >= 4 is 11.8 Å². The van der Waals surface area contributed by atoms with Crippen LogP contribution in [-0.2, 0) is 16.1 Å². The molecule has 0 bridgehead atoms. The minimum absolute atomic E-state index is 0.0418. The van der Waals surface area contributed by atoms with Crippen LogP contribution in [0, 0.1) is 0 Å². The number of unbranched alkanes of at least 4 members (excludes halogenated alkanes) is 1. The van der Waals surface area contributed by atoms with E-state index >= 15 is 0 Å². The Bertz CT molecular complexity index is 766. The van der Waals surface area contributed by atoms with Gasteiger partial charge in [-0.25, -0.2) is 4.79 Å². The van der Waals surface area contributed by atoms with Crippen LogP contribution < -0.4 is 0 Å². The number of ketones is 1. The summed E-state index contributed by atoms with van der Waals surface area (Å²) in [6.45, 7) is 5.65. The number of esters is 1. The normalized spacial score (nSPS) is 11.8. The highest BCUT2D eigenvalue weighted by atomic mass is 16.6. The van der Waals surface area contributed by atoms with E-state index in [1.54, 1.807) is 30.5 Å². The molecular formula is C21H25NO5. The van der Waals surface area contributed by atoms with Crippen molar-refractivity contribution in [3.8, 4) is 0 Å². The summed E-state index contributed by atoms with van der Waals surface area (Å²) in [6.07, 6.45) is 5.30. The molecule has 0 aliphatic rings. The van der Waals surface area contributed by atoms with Crippen molar-refractivity contribution in [2.24, 2.45) is 0 Å². The van der Waals surface area contributed by atoms with Crippen molar-refractivity contribution in [1.29, 1.82) is 0 Å². The largest absolute Gasteiger partial charge is 0.460 e. The van der Waals surface area contributed by atoms with Gasteiger partial charge in [0.25, 0.3) is 0 Å². The summed E-state index contributed by atoms with van der Waals surface area (Å²) in [5.41, 5.74) is 0.903. The average Bonchev–Trinajstić information content (AvgIpc) is 3.18. The van der Waals surface area contributed by atoms with Crippen molar-refractivity contribution in [3.63, 3.8) is 0 Å². The van der Waals surface area contributed by atoms with E-state index in [0.717, 1.165) is 12.8 Å². The van der Waals surface area contributed by atoms with E-state index in [1.807, 2.05) is 0 Å². The maximum absolute atomic E-state index is 12.4. The number of aliphatic hydroxyl groups is 1. The number of rotatable bonds is 11. The molecule has 2 aromatic rings. The predicted octanol–water partition coefficient (Wildman–Crippen LogP) is 4.16. The zero-order valence-electron chi connectivity index (χ0n) is 15.5. The maximum Gasteiger partial charge on any atom is 0.340 e. The molecule has 0 aromatic carbocycles. The van der Waals surface area contributed by atoms with E-state index in [2.05, 4.69) is 18.5 Å².